The smallest absolute Gasteiger partial charge is 0.276 e. The summed E-state index contributed by atoms with van der Waals surface area (Å²) in [5, 5.41) is 8.65. The average molecular weight is 210 g/mol. The molecule has 0 fully saturated rings. The van der Waals surface area contributed by atoms with Gasteiger partial charge in [0.25, 0.3) is 10.2 Å². The summed E-state index contributed by atoms with van der Waals surface area (Å²) in [6, 6.07) is 0. The van der Waals surface area contributed by atoms with Crippen molar-refractivity contribution in [3.8, 4) is 0 Å². The number of aliphatic hydroxyl groups excluding tert-OH is 1. The summed E-state index contributed by atoms with van der Waals surface area (Å²) in [4.78, 5) is 0. The highest BCUT2D eigenvalue weighted by Crippen LogP contribution is 1.90. The molecule has 13 heavy (non-hydrogen) atoms. The van der Waals surface area contributed by atoms with Gasteiger partial charge in [-0.25, -0.2) is 9.44 Å². The minimum atomic E-state index is -3.36. The molecule has 0 aromatic rings. The maximum Gasteiger partial charge on any atom is 0.276 e. The van der Waals surface area contributed by atoms with Crippen LogP contribution in [0.5, 0.6) is 0 Å². The number of hydrogen-bond donors (Lipinski definition) is 3. The van der Waals surface area contributed by atoms with Crippen molar-refractivity contribution >= 4 is 10.2 Å². The molecule has 3 N–H and O–H groups in total. The van der Waals surface area contributed by atoms with Crippen molar-refractivity contribution < 1.29 is 13.5 Å². The van der Waals surface area contributed by atoms with Crippen molar-refractivity contribution in [3.05, 3.63) is 0 Å². The van der Waals surface area contributed by atoms with E-state index >= 15 is 0 Å². The quantitative estimate of drug-likeness (QED) is 0.527. The van der Waals surface area contributed by atoms with Gasteiger partial charge in [-0.15, -0.1) is 0 Å². The number of aliphatic hydroxyl groups is 1. The molecular weight excluding hydrogens is 192 g/mol. The molecule has 0 radical (unpaired) electrons. The van der Waals surface area contributed by atoms with Gasteiger partial charge < -0.3 is 5.11 Å². The lowest BCUT2D eigenvalue weighted by atomic mass is 10.2. The molecule has 1 atom stereocenters. The lowest BCUT2D eigenvalue weighted by Crippen LogP contribution is -2.39. The molecule has 0 saturated heterocycles. The highest BCUT2D eigenvalue weighted by Gasteiger charge is 2.09. The minimum Gasteiger partial charge on any atom is -0.396 e. The van der Waals surface area contributed by atoms with Gasteiger partial charge in [-0.1, -0.05) is 13.8 Å². The van der Waals surface area contributed by atoms with Crippen LogP contribution in [-0.4, -0.2) is 33.2 Å². The van der Waals surface area contributed by atoms with Crippen LogP contribution >= 0.6 is 0 Å². The second-order valence-electron chi connectivity index (χ2n) is 3.03. The summed E-state index contributed by atoms with van der Waals surface area (Å²) < 4.78 is 26.9. The molecule has 0 rings (SSSR count). The van der Waals surface area contributed by atoms with Crippen molar-refractivity contribution in [1.82, 2.24) is 9.44 Å². The predicted octanol–water partition coefficient (Wildman–Crippen LogP) is -0.551. The standard InChI is InChI=1S/C7H18N2O3S/c1-3-4-8-13(11,12)9-5-7(2)6-10/h7-10H,3-6H2,1-2H3. The maximum atomic E-state index is 11.1. The Morgan fingerprint density at radius 2 is 2.00 bits per heavy atom. The van der Waals surface area contributed by atoms with E-state index in [1.54, 1.807) is 6.92 Å². The summed E-state index contributed by atoms with van der Waals surface area (Å²) in [6.07, 6.45) is 0.760. The Labute approximate surface area is 79.7 Å². The highest BCUT2D eigenvalue weighted by molar-refractivity contribution is 7.87. The molecule has 0 spiro atoms. The molecule has 80 valence electrons. The Morgan fingerprint density at radius 3 is 2.46 bits per heavy atom. The molecule has 0 amide bonds. The summed E-state index contributed by atoms with van der Waals surface area (Å²) >= 11 is 0. The molecule has 1 unspecified atom stereocenters. The topological polar surface area (TPSA) is 78.4 Å². The summed E-state index contributed by atoms with van der Waals surface area (Å²) in [7, 11) is -3.36. The third kappa shape index (κ3) is 6.94. The van der Waals surface area contributed by atoms with E-state index < -0.39 is 10.2 Å². The molecule has 0 aromatic carbocycles. The van der Waals surface area contributed by atoms with E-state index in [0.717, 1.165) is 6.42 Å². The minimum absolute atomic E-state index is 0.0176. The molecule has 5 nitrogen and oxygen atoms in total. The summed E-state index contributed by atoms with van der Waals surface area (Å²) in [5.74, 6) is -0.0572. The first kappa shape index (κ1) is 12.8. The number of hydrogen-bond acceptors (Lipinski definition) is 3. The lowest BCUT2D eigenvalue weighted by molar-refractivity contribution is 0.238. The van der Waals surface area contributed by atoms with Crippen molar-refractivity contribution in [2.45, 2.75) is 20.3 Å². The van der Waals surface area contributed by atoms with Crippen LogP contribution in [0.25, 0.3) is 0 Å². The Balaban J connectivity index is 3.76. The SMILES string of the molecule is CCCNS(=O)(=O)NCC(C)CO. The molecule has 0 aromatic heterocycles. The predicted molar refractivity (Wildman–Crippen MR) is 51.5 cm³/mol. The van der Waals surface area contributed by atoms with Gasteiger partial charge in [-0.2, -0.15) is 8.42 Å². The fourth-order valence-corrected chi connectivity index (χ4v) is 1.68. The van der Waals surface area contributed by atoms with Crippen molar-refractivity contribution in [3.63, 3.8) is 0 Å². The van der Waals surface area contributed by atoms with Gasteiger partial charge in [0, 0.05) is 19.7 Å². The van der Waals surface area contributed by atoms with Gasteiger partial charge in [0.2, 0.25) is 0 Å². The molecule has 0 aliphatic rings. The molecule has 0 bridgehead atoms. The monoisotopic (exact) mass is 210 g/mol. The Morgan fingerprint density at radius 1 is 1.38 bits per heavy atom. The van der Waals surface area contributed by atoms with Crippen LogP contribution in [0.2, 0.25) is 0 Å². The number of nitrogens with one attached hydrogen (secondary N) is 2. The van der Waals surface area contributed by atoms with E-state index in [0.29, 0.717) is 6.54 Å². The zero-order chi connectivity index (χ0) is 10.3. The van der Waals surface area contributed by atoms with Crippen LogP contribution in [0, 0.1) is 5.92 Å². The van der Waals surface area contributed by atoms with Crippen LogP contribution in [0.4, 0.5) is 0 Å². The van der Waals surface area contributed by atoms with E-state index in [1.807, 2.05) is 6.92 Å². The average Bonchev–Trinajstić information content (AvgIpc) is 2.11. The van der Waals surface area contributed by atoms with E-state index in [1.165, 1.54) is 0 Å². The van der Waals surface area contributed by atoms with E-state index in [-0.39, 0.29) is 19.1 Å². The highest BCUT2D eigenvalue weighted by atomic mass is 32.2. The number of rotatable bonds is 7. The van der Waals surface area contributed by atoms with Gasteiger partial charge in [0.05, 0.1) is 0 Å². The van der Waals surface area contributed by atoms with Crippen LogP contribution in [0.1, 0.15) is 20.3 Å². The van der Waals surface area contributed by atoms with Gasteiger partial charge in [0.1, 0.15) is 0 Å². The first-order chi connectivity index (χ1) is 6.02. The Hall–Kier alpha value is -0.170. The lowest BCUT2D eigenvalue weighted by Gasteiger charge is -2.10. The van der Waals surface area contributed by atoms with E-state index in [4.69, 9.17) is 5.11 Å². The van der Waals surface area contributed by atoms with Crippen LogP contribution in [0.3, 0.4) is 0 Å². The van der Waals surface area contributed by atoms with Gasteiger partial charge in [-0.05, 0) is 12.3 Å². The zero-order valence-corrected chi connectivity index (χ0v) is 8.89. The Kier molecular flexibility index (Phi) is 6.23. The van der Waals surface area contributed by atoms with Crippen molar-refractivity contribution in [1.29, 1.82) is 0 Å². The maximum absolute atomic E-state index is 11.1. The first-order valence-electron chi connectivity index (χ1n) is 4.37. The second kappa shape index (κ2) is 6.31. The van der Waals surface area contributed by atoms with Gasteiger partial charge in [0.15, 0.2) is 0 Å². The molecular formula is C7H18N2O3S. The van der Waals surface area contributed by atoms with Crippen LogP contribution < -0.4 is 9.44 Å². The molecule has 0 heterocycles. The van der Waals surface area contributed by atoms with Crippen LogP contribution in [0.15, 0.2) is 0 Å². The van der Waals surface area contributed by atoms with Crippen molar-refractivity contribution in [2.24, 2.45) is 5.92 Å². The first-order valence-corrected chi connectivity index (χ1v) is 5.85. The molecule has 0 saturated carbocycles. The van der Waals surface area contributed by atoms with Gasteiger partial charge in [-0.3, -0.25) is 0 Å². The summed E-state index contributed by atoms with van der Waals surface area (Å²) in [6.45, 7) is 4.33. The second-order valence-corrected chi connectivity index (χ2v) is 4.62. The molecule has 0 aliphatic carbocycles. The molecule has 0 aliphatic heterocycles. The molecule has 6 heteroatoms. The summed E-state index contributed by atoms with van der Waals surface area (Å²) in [5.41, 5.74) is 0. The normalized spacial score (nSPS) is 14.4. The van der Waals surface area contributed by atoms with Crippen molar-refractivity contribution in [2.75, 3.05) is 19.7 Å². The van der Waals surface area contributed by atoms with Crippen LogP contribution in [-0.2, 0) is 10.2 Å². The van der Waals surface area contributed by atoms with E-state index in [2.05, 4.69) is 9.44 Å². The fraction of sp³-hybridized carbons (Fsp3) is 1.00. The van der Waals surface area contributed by atoms with E-state index in [9.17, 15) is 8.42 Å². The third-order valence-electron chi connectivity index (χ3n) is 1.48. The fourth-order valence-electron chi connectivity index (χ4n) is 0.604. The largest absolute Gasteiger partial charge is 0.396 e. The Bertz CT molecular complexity index is 216. The third-order valence-corrected chi connectivity index (χ3v) is 2.61. The van der Waals surface area contributed by atoms with Gasteiger partial charge >= 0.3 is 0 Å². The zero-order valence-electron chi connectivity index (χ0n) is 8.08.